The first kappa shape index (κ1) is 17.2. The molecule has 2 aromatic carbocycles. The predicted octanol–water partition coefficient (Wildman–Crippen LogP) is 4.97. The minimum atomic E-state index is -0.193. The number of hydrogen-bond acceptors (Lipinski definition) is 3. The molecule has 3 nitrogen and oxygen atoms in total. The van der Waals surface area contributed by atoms with Gasteiger partial charge < -0.3 is 14.2 Å². The molecule has 3 rings (SSSR count). The van der Waals surface area contributed by atoms with E-state index in [1.807, 2.05) is 18.2 Å². The Morgan fingerprint density at radius 2 is 1.75 bits per heavy atom. The van der Waals surface area contributed by atoms with Crippen molar-refractivity contribution in [3.8, 4) is 0 Å². The first-order valence-electron chi connectivity index (χ1n) is 8.69. The van der Waals surface area contributed by atoms with Crippen LogP contribution in [-0.4, -0.2) is 20.0 Å². The highest BCUT2D eigenvalue weighted by atomic mass is 16.7. The van der Waals surface area contributed by atoms with E-state index in [1.54, 1.807) is 7.11 Å². The molecule has 0 amide bonds. The first-order chi connectivity index (χ1) is 11.8. The molecular formula is C21H26O3. The lowest BCUT2D eigenvalue weighted by Gasteiger charge is -2.32. The van der Waals surface area contributed by atoms with E-state index >= 15 is 0 Å². The molecule has 1 aliphatic heterocycles. The van der Waals surface area contributed by atoms with Crippen LogP contribution >= 0.6 is 0 Å². The quantitative estimate of drug-likeness (QED) is 0.750. The third kappa shape index (κ3) is 4.23. The Morgan fingerprint density at radius 1 is 0.958 bits per heavy atom. The van der Waals surface area contributed by atoms with E-state index in [0.29, 0.717) is 0 Å². The van der Waals surface area contributed by atoms with Crippen LogP contribution in [0, 0.1) is 6.92 Å². The van der Waals surface area contributed by atoms with E-state index in [-0.39, 0.29) is 18.5 Å². The summed E-state index contributed by atoms with van der Waals surface area (Å²) < 4.78 is 18.1. The van der Waals surface area contributed by atoms with E-state index in [2.05, 4.69) is 43.3 Å². The van der Waals surface area contributed by atoms with Crippen molar-refractivity contribution in [3.63, 3.8) is 0 Å². The molecule has 0 aromatic heterocycles. The number of hydrogen-bond donors (Lipinski definition) is 0. The van der Waals surface area contributed by atoms with Crippen molar-refractivity contribution >= 4 is 0 Å². The number of methoxy groups -OCH3 is 1. The number of ether oxygens (including phenoxy) is 3. The summed E-state index contributed by atoms with van der Waals surface area (Å²) >= 11 is 0. The highest BCUT2D eigenvalue weighted by Crippen LogP contribution is 2.37. The van der Waals surface area contributed by atoms with Crippen LogP contribution in [0.2, 0.25) is 0 Å². The Balaban J connectivity index is 1.89. The number of aryl methyl sites for hydroxylation is 1. The third-order valence-corrected chi connectivity index (χ3v) is 4.46. The second-order valence-corrected chi connectivity index (χ2v) is 6.33. The second kappa shape index (κ2) is 8.43. The van der Waals surface area contributed by atoms with Gasteiger partial charge in [-0.25, -0.2) is 0 Å². The maximum atomic E-state index is 6.38. The summed E-state index contributed by atoms with van der Waals surface area (Å²) in [4.78, 5) is 0. The van der Waals surface area contributed by atoms with E-state index < -0.39 is 0 Å². The maximum Gasteiger partial charge on any atom is 0.158 e. The minimum Gasteiger partial charge on any atom is -0.374 e. The summed E-state index contributed by atoms with van der Waals surface area (Å²) in [7, 11) is 1.74. The molecule has 3 heteroatoms. The van der Waals surface area contributed by atoms with Crippen molar-refractivity contribution in [3.05, 3.63) is 71.3 Å². The molecule has 1 heterocycles. The van der Waals surface area contributed by atoms with Crippen LogP contribution in [-0.2, 0) is 14.2 Å². The SMILES string of the molecule is COC(c1cccc(C)c1)C(OC1CCCCO1)c1ccccc1. The molecule has 24 heavy (non-hydrogen) atoms. The molecular weight excluding hydrogens is 300 g/mol. The van der Waals surface area contributed by atoms with Crippen molar-refractivity contribution in [1.82, 2.24) is 0 Å². The summed E-state index contributed by atoms with van der Waals surface area (Å²) in [5.74, 6) is 0. The van der Waals surface area contributed by atoms with Gasteiger partial charge in [0.1, 0.15) is 12.2 Å². The van der Waals surface area contributed by atoms with Gasteiger partial charge in [0, 0.05) is 13.7 Å². The number of rotatable bonds is 6. The van der Waals surface area contributed by atoms with E-state index in [9.17, 15) is 0 Å². The summed E-state index contributed by atoms with van der Waals surface area (Å²) in [5, 5.41) is 0. The van der Waals surface area contributed by atoms with Gasteiger partial charge in [0.2, 0.25) is 0 Å². The molecule has 0 radical (unpaired) electrons. The molecule has 3 unspecified atom stereocenters. The molecule has 3 atom stereocenters. The Kier molecular flexibility index (Phi) is 6.02. The van der Waals surface area contributed by atoms with Gasteiger partial charge in [-0.05, 0) is 37.3 Å². The molecule has 0 saturated carbocycles. The standard InChI is InChI=1S/C21H26O3/c1-16-9-8-12-18(15-16)20(22-2)21(17-10-4-3-5-11-17)24-19-13-6-7-14-23-19/h3-5,8-12,15,19-21H,6-7,13-14H2,1-2H3. The molecule has 128 valence electrons. The van der Waals surface area contributed by atoms with E-state index in [4.69, 9.17) is 14.2 Å². The van der Waals surface area contributed by atoms with Gasteiger partial charge >= 0.3 is 0 Å². The summed E-state index contributed by atoms with van der Waals surface area (Å²) in [6, 6.07) is 18.7. The Bertz CT molecular complexity index is 620. The maximum absolute atomic E-state index is 6.38. The molecule has 0 N–H and O–H groups in total. The van der Waals surface area contributed by atoms with Crippen molar-refractivity contribution in [1.29, 1.82) is 0 Å². The van der Waals surface area contributed by atoms with Crippen molar-refractivity contribution < 1.29 is 14.2 Å². The van der Waals surface area contributed by atoms with Gasteiger partial charge in [0.15, 0.2) is 6.29 Å². The first-order valence-corrected chi connectivity index (χ1v) is 8.69. The van der Waals surface area contributed by atoms with Gasteiger partial charge in [0.25, 0.3) is 0 Å². The van der Waals surface area contributed by atoms with Crippen molar-refractivity contribution in [2.75, 3.05) is 13.7 Å². The zero-order chi connectivity index (χ0) is 16.8. The van der Waals surface area contributed by atoms with E-state index in [1.165, 1.54) is 5.56 Å². The average molecular weight is 326 g/mol. The largest absolute Gasteiger partial charge is 0.374 e. The predicted molar refractivity (Wildman–Crippen MR) is 94.8 cm³/mol. The van der Waals surface area contributed by atoms with Gasteiger partial charge in [-0.15, -0.1) is 0 Å². The number of benzene rings is 2. The van der Waals surface area contributed by atoms with Gasteiger partial charge in [-0.2, -0.15) is 0 Å². The fourth-order valence-corrected chi connectivity index (χ4v) is 3.23. The van der Waals surface area contributed by atoms with Crippen LogP contribution in [0.15, 0.2) is 54.6 Å². The van der Waals surface area contributed by atoms with E-state index in [0.717, 1.165) is 37.0 Å². The molecule has 0 spiro atoms. The molecule has 1 aliphatic rings. The van der Waals surface area contributed by atoms with Crippen molar-refractivity contribution in [2.45, 2.75) is 44.7 Å². The van der Waals surface area contributed by atoms with Crippen LogP contribution in [0.25, 0.3) is 0 Å². The Hall–Kier alpha value is -1.68. The zero-order valence-electron chi connectivity index (χ0n) is 14.5. The minimum absolute atomic E-state index is 0.161. The summed E-state index contributed by atoms with van der Waals surface area (Å²) in [6.07, 6.45) is 2.67. The molecule has 0 bridgehead atoms. The van der Waals surface area contributed by atoms with Crippen molar-refractivity contribution in [2.24, 2.45) is 0 Å². The molecule has 1 saturated heterocycles. The molecule has 0 aliphatic carbocycles. The lowest BCUT2D eigenvalue weighted by molar-refractivity contribution is -0.213. The van der Waals surface area contributed by atoms with Gasteiger partial charge in [0.05, 0.1) is 0 Å². The molecule has 1 fully saturated rings. The van der Waals surface area contributed by atoms with Gasteiger partial charge in [-0.3, -0.25) is 0 Å². The van der Waals surface area contributed by atoms with Gasteiger partial charge in [-0.1, -0.05) is 60.2 Å². The fraction of sp³-hybridized carbons (Fsp3) is 0.429. The second-order valence-electron chi connectivity index (χ2n) is 6.33. The zero-order valence-corrected chi connectivity index (χ0v) is 14.5. The van der Waals surface area contributed by atoms with Crippen LogP contribution < -0.4 is 0 Å². The van der Waals surface area contributed by atoms with Crippen LogP contribution in [0.4, 0.5) is 0 Å². The van der Waals surface area contributed by atoms with Crippen LogP contribution in [0.3, 0.4) is 0 Å². The normalized spacial score (nSPS) is 20.5. The third-order valence-electron chi connectivity index (χ3n) is 4.46. The Labute approximate surface area is 144 Å². The highest BCUT2D eigenvalue weighted by Gasteiger charge is 2.29. The highest BCUT2D eigenvalue weighted by molar-refractivity contribution is 5.28. The fourth-order valence-electron chi connectivity index (χ4n) is 3.23. The smallest absolute Gasteiger partial charge is 0.158 e. The lowest BCUT2D eigenvalue weighted by Crippen LogP contribution is -2.27. The monoisotopic (exact) mass is 326 g/mol. The topological polar surface area (TPSA) is 27.7 Å². The summed E-state index contributed by atoms with van der Waals surface area (Å²) in [5.41, 5.74) is 3.46. The van der Waals surface area contributed by atoms with Crippen LogP contribution in [0.5, 0.6) is 0 Å². The Morgan fingerprint density at radius 3 is 2.42 bits per heavy atom. The van der Waals surface area contributed by atoms with Crippen LogP contribution in [0.1, 0.15) is 48.2 Å². The summed E-state index contributed by atoms with van der Waals surface area (Å²) in [6.45, 7) is 2.87. The lowest BCUT2D eigenvalue weighted by atomic mass is 9.96. The average Bonchev–Trinajstić information content (AvgIpc) is 2.63. The molecule has 2 aromatic rings.